The van der Waals surface area contributed by atoms with Crippen LogP contribution in [0.4, 0.5) is 0 Å². The van der Waals surface area contributed by atoms with Gasteiger partial charge in [-0.15, -0.1) is 0 Å². The number of aromatic nitrogens is 2. The first-order valence-corrected chi connectivity index (χ1v) is 6.67. The molecule has 0 saturated carbocycles. The van der Waals surface area contributed by atoms with Gasteiger partial charge in [0.1, 0.15) is 11.7 Å². The van der Waals surface area contributed by atoms with Crippen LogP contribution >= 0.6 is 0 Å². The van der Waals surface area contributed by atoms with Crippen LogP contribution in [0.25, 0.3) is 0 Å². The predicted molar refractivity (Wildman–Crippen MR) is 78.6 cm³/mol. The van der Waals surface area contributed by atoms with Crippen LogP contribution in [0.2, 0.25) is 0 Å². The largest absolute Gasteiger partial charge is 0.481 e. The molecule has 1 aromatic heterocycles. The van der Waals surface area contributed by atoms with Crippen molar-refractivity contribution in [3.63, 3.8) is 0 Å². The number of carbonyl (C=O) groups is 1. The second-order valence-electron chi connectivity index (χ2n) is 4.97. The molecule has 0 spiro atoms. The van der Waals surface area contributed by atoms with E-state index in [1.54, 1.807) is 13.0 Å². The summed E-state index contributed by atoms with van der Waals surface area (Å²) < 4.78 is 5.09. The van der Waals surface area contributed by atoms with Gasteiger partial charge in [0, 0.05) is 6.07 Å². The lowest BCUT2D eigenvalue weighted by molar-refractivity contribution is -0.138. The first-order valence-electron chi connectivity index (χ1n) is 6.67. The molecule has 0 bridgehead atoms. The summed E-state index contributed by atoms with van der Waals surface area (Å²) in [4.78, 5) is 19.9. The van der Waals surface area contributed by atoms with E-state index in [0.717, 1.165) is 11.1 Å². The van der Waals surface area contributed by atoms with E-state index in [1.807, 2.05) is 31.2 Å². The predicted octanol–water partition coefficient (Wildman–Crippen LogP) is 2.51. The molecule has 1 atom stereocenters. The third-order valence-corrected chi connectivity index (χ3v) is 3.22. The van der Waals surface area contributed by atoms with Crippen LogP contribution in [-0.4, -0.2) is 28.2 Å². The van der Waals surface area contributed by atoms with Gasteiger partial charge in [0.2, 0.25) is 5.88 Å². The van der Waals surface area contributed by atoms with Crippen molar-refractivity contribution in [3.8, 4) is 5.88 Å². The average Bonchev–Trinajstić information content (AvgIpc) is 2.43. The number of hydrogen-bond acceptors (Lipinski definition) is 4. The third-order valence-electron chi connectivity index (χ3n) is 3.22. The molecule has 110 valence electrons. The smallest absolute Gasteiger partial charge is 0.312 e. The Labute approximate surface area is 123 Å². The summed E-state index contributed by atoms with van der Waals surface area (Å²) in [6.07, 6.45) is 0.386. The molecule has 5 heteroatoms. The number of carboxylic acid groups (broad SMARTS) is 1. The molecule has 1 aromatic carbocycles. The molecule has 5 nitrogen and oxygen atoms in total. The van der Waals surface area contributed by atoms with Crippen LogP contribution < -0.4 is 4.74 Å². The molecular weight excluding hydrogens is 268 g/mol. The Balaban J connectivity index is 2.35. The standard InChI is InChI=1S/C16H18N2O3/c1-10-5-4-6-12(7-10)8-13(16(19)20)14-9-15(21-3)18-11(2)17-14/h4-7,9,13H,8H2,1-3H3,(H,19,20). The van der Waals surface area contributed by atoms with Crippen LogP contribution in [0.3, 0.4) is 0 Å². The molecule has 1 N–H and O–H groups in total. The van der Waals surface area contributed by atoms with Gasteiger partial charge in [0.15, 0.2) is 0 Å². The Morgan fingerprint density at radius 2 is 2.05 bits per heavy atom. The zero-order valence-electron chi connectivity index (χ0n) is 12.3. The molecule has 21 heavy (non-hydrogen) atoms. The molecular formula is C16H18N2O3. The van der Waals surface area contributed by atoms with Crippen molar-refractivity contribution in [2.24, 2.45) is 0 Å². The summed E-state index contributed by atoms with van der Waals surface area (Å²) >= 11 is 0. The fourth-order valence-electron chi connectivity index (χ4n) is 2.24. The summed E-state index contributed by atoms with van der Waals surface area (Å²) in [5, 5.41) is 9.51. The number of benzene rings is 1. The van der Waals surface area contributed by atoms with E-state index in [1.165, 1.54) is 7.11 Å². The highest BCUT2D eigenvalue weighted by atomic mass is 16.5. The SMILES string of the molecule is COc1cc(C(Cc2cccc(C)c2)C(=O)O)nc(C)n1. The van der Waals surface area contributed by atoms with Crippen molar-refractivity contribution >= 4 is 5.97 Å². The fraction of sp³-hybridized carbons (Fsp3) is 0.312. The lowest BCUT2D eigenvalue weighted by Gasteiger charge is -2.13. The average molecular weight is 286 g/mol. The molecule has 0 radical (unpaired) electrons. The summed E-state index contributed by atoms with van der Waals surface area (Å²) in [7, 11) is 1.50. The Morgan fingerprint density at radius 3 is 2.67 bits per heavy atom. The highest BCUT2D eigenvalue weighted by Crippen LogP contribution is 2.23. The van der Waals surface area contributed by atoms with Crippen molar-refractivity contribution in [1.29, 1.82) is 0 Å². The third kappa shape index (κ3) is 3.78. The molecule has 1 unspecified atom stereocenters. The summed E-state index contributed by atoms with van der Waals surface area (Å²) in [6.45, 7) is 3.70. The quantitative estimate of drug-likeness (QED) is 0.914. The number of methoxy groups -OCH3 is 1. The molecule has 2 rings (SSSR count). The minimum Gasteiger partial charge on any atom is -0.481 e. The second-order valence-corrected chi connectivity index (χ2v) is 4.97. The van der Waals surface area contributed by atoms with E-state index in [2.05, 4.69) is 9.97 Å². The Bertz CT molecular complexity index is 656. The summed E-state index contributed by atoms with van der Waals surface area (Å²) in [5.41, 5.74) is 2.54. The summed E-state index contributed by atoms with van der Waals surface area (Å²) in [5.74, 6) is -0.744. The van der Waals surface area contributed by atoms with Crippen LogP contribution in [-0.2, 0) is 11.2 Å². The maximum Gasteiger partial charge on any atom is 0.312 e. The molecule has 0 amide bonds. The number of aliphatic carboxylic acids is 1. The van der Waals surface area contributed by atoms with Crippen molar-refractivity contribution in [1.82, 2.24) is 9.97 Å². The maximum absolute atomic E-state index is 11.6. The highest BCUT2D eigenvalue weighted by molar-refractivity contribution is 5.76. The van der Waals surface area contributed by atoms with Gasteiger partial charge in [0.05, 0.1) is 12.8 Å². The first kappa shape index (κ1) is 15.0. The van der Waals surface area contributed by atoms with Crippen molar-refractivity contribution < 1.29 is 14.6 Å². The van der Waals surface area contributed by atoms with Gasteiger partial charge >= 0.3 is 5.97 Å². The number of ether oxygens (including phenoxy) is 1. The van der Waals surface area contributed by atoms with E-state index in [9.17, 15) is 9.90 Å². The lowest BCUT2D eigenvalue weighted by Crippen LogP contribution is -2.17. The topological polar surface area (TPSA) is 72.3 Å². The van der Waals surface area contributed by atoms with Gasteiger partial charge in [0.25, 0.3) is 0 Å². The number of aryl methyl sites for hydroxylation is 2. The molecule has 0 aliphatic rings. The van der Waals surface area contributed by atoms with Crippen LogP contribution in [0.1, 0.15) is 28.6 Å². The Hall–Kier alpha value is -2.43. The zero-order valence-corrected chi connectivity index (χ0v) is 12.3. The minimum absolute atomic E-state index is 0.382. The number of hydrogen-bond donors (Lipinski definition) is 1. The number of rotatable bonds is 5. The van der Waals surface area contributed by atoms with E-state index < -0.39 is 11.9 Å². The normalized spacial score (nSPS) is 12.0. The molecule has 0 fully saturated rings. The van der Waals surface area contributed by atoms with E-state index >= 15 is 0 Å². The highest BCUT2D eigenvalue weighted by Gasteiger charge is 2.23. The number of carboxylic acids is 1. The molecule has 1 heterocycles. The van der Waals surface area contributed by atoms with Crippen molar-refractivity contribution in [2.75, 3.05) is 7.11 Å². The van der Waals surface area contributed by atoms with Crippen LogP contribution in [0, 0.1) is 13.8 Å². The van der Waals surface area contributed by atoms with Gasteiger partial charge in [-0.3, -0.25) is 4.79 Å². The molecule has 0 aliphatic heterocycles. The molecule has 2 aromatic rings. The second kappa shape index (κ2) is 6.35. The minimum atomic E-state index is -0.906. The molecule has 0 aliphatic carbocycles. The maximum atomic E-state index is 11.6. The van der Waals surface area contributed by atoms with Gasteiger partial charge in [-0.2, -0.15) is 4.98 Å². The Morgan fingerprint density at radius 1 is 1.29 bits per heavy atom. The monoisotopic (exact) mass is 286 g/mol. The van der Waals surface area contributed by atoms with Crippen molar-refractivity contribution in [2.45, 2.75) is 26.2 Å². The van der Waals surface area contributed by atoms with Crippen molar-refractivity contribution in [3.05, 3.63) is 53.0 Å². The van der Waals surface area contributed by atoms with Gasteiger partial charge in [-0.1, -0.05) is 29.8 Å². The summed E-state index contributed by atoms with van der Waals surface area (Å²) in [6, 6.07) is 9.41. The van der Waals surface area contributed by atoms with E-state index in [-0.39, 0.29) is 0 Å². The van der Waals surface area contributed by atoms with Gasteiger partial charge < -0.3 is 9.84 Å². The van der Waals surface area contributed by atoms with E-state index in [4.69, 9.17) is 4.74 Å². The first-order chi connectivity index (χ1) is 9.99. The van der Waals surface area contributed by atoms with Gasteiger partial charge in [-0.25, -0.2) is 4.98 Å². The Kier molecular flexibility index (Phi) is 4.52. The van der Waals surface area contributed by atoms with Crippen LogP contribution in [0.15, 0.2) is 30.3 Å². The van der Waals surface area contributed by atoms with E-state index in [0.29, 0.717) is 23.8 Å². The molecule has 0 saturated heterocycles. The zero-order chi connectivity index (χ0) is 15.4. The fourth-order valence-corrected chi connectivity index (χ4v) is 2.24. The van der Waals surface area contributed by atoms with Crippen LogP contribution in [0.5, 0.6) is 5.88 Å². The van der Waals surface area contributed by atoms with Gasteiger partial charge in [-0.05, 0) is 25.8 Å². The number of nitrogens with zero attached hydrogens (tertiary/aromatic N) is 2. The lowest BCUT2D eigenvalue weighted by atomic mass is 9.95.